The minimum absolute atomic E-state index is 0.300. The van der Waals surface area contributed by atoms with Gasteiger partial charge in [-0.05, 0) is 18.1 Å². The Morgan fingerprint density at radius 3 is 2.63 bits per heavy atom. The Kier molecular flexibility index (Phi) is 6.44. The first-order valence-electron chi connectivity index (χ1n) is 10.3. The first-order valence-corrected chi connectivity index (χ1v) is 10.3. The first-order chi connectivity index (χ1) is 14.5. The van der Waals surface area contributed by atoms with Crippen molar-refractivity contribution in [2.45, 2.75) is 62.9 Å². The van der Waals surface area contributed by atoms with Crippen LogP contribution in [0.5, 0.6) is 0 Å². The van der Waals surface area contributed by atoms with Crippen molar-refractivity contribution in [1.82, 2.24) is 0 Å². The molecule has 0 aromatic carbocycles. The highest BCUT2D eigenvalue weighted by molar-refractivity contribution is 5.92. The maximum Gasteiger partial charge on any atom is 0.338 e. The van der Waals surface area contributed by atoms with Gasteiger partial charge in [0, 0.05) is 12.5 Å². The minimum Gasteiger partial charge on any atom is -0.471 e. The van der Waals surface area contributed by atoms with Gasteiger partial charge < -0.3 is 44.1 Å². The smallest absolute Gasteiger partial charge is 0.338 e. The van der Waals surface area contributed by atoms with Gasteiger partial charge in [0.2, 0.25) is 6.29 Å². The van der Waals surface area contributed by atoms with Gasteiger partial charge in [0.1, 0.15) is 30.5 Å². The summed E-state index contributed by atoms with van der Waals surface area (Å²) < 4.78 is 28.1. The molecule has 168 valence electrons. The number of ether oxygens (including phenoxy) is 5. The monoisotopic (exact) mass is 428 g/mol. The van der Waals surface area contributed by atoms with Gasteiger partial charge in [0.15, 0.2) is 6.29 Å². The molecule has 9 atom stereocenters. The molecule has 10 heteroatoms. The maximum absolute atomic E-state index is 12.1. The lowest BCUT2D eigenvalue weighted by Crippen LogP contribution is -2.60. The van der Waals surface area contributed by atoms with E-state index < -0.39 is 61.6 Å². The van der Waals surface area contributed by atoms with E-state index in [2.05, 4.69) is 6.92 Å². The van der Waals surface area contributed by atoms with E-state index in [9.17, 15) is 25.2 Å². The van der Waals surface area contributed by atoms with Gasteiger partial charge in [-0.15, -0.1) is 0 Å². The fourth-order valence-corrected chi connectivity index (χ4v) is 4.37. The van der Waals surface area contributed by atoms with Gasteiger partial charge >= 0.3 is 5.97 Å². The molecule has 0 saturated carbocycles. The van der Waals surface area contributed by atoms with E-state index in [0.717, 1.165) is 18.4 Å². The molecule has 0 aromatic heterocycles. The van der Waals surface area contributed by atoms with Crippen LogP contribution in [0.15, 0.2) is 23.5 Å². The Morgan fingerprint density at radius 1 is 1.10 bits per heavy atom. The molecule has 2 fully saturated rings. The third-order valence-corrected chi connectivity index (χ3v) is 6.04. The molecule has 0 spiro atoms. The number of hydrogen-bond donors (Lipinski definition) is 4. The highest BCUT2D eigenvalue weighted by atomic mass is 16.8. The van der Waals surface area contributed by atoms with E-state index in [0.29, 0.717) is 18.8 Å². The van der Waals surface area contributed by atoms with Crippen molar-refractivity contribution in [3.05, 3.63) is 23.5 Å². The van der Waals surface area contributed by atoms with Crippen molar-refractivity contribution in [2.24, 2.45) is 11.8 Å². The summed E-state index contributed by atoms with van der Waals surface area (Å²) >= 11 is 0. The zero-order valence-electron chi connectivity index (χ0n) is 16.6. The molecule has 0 bridgehead atoms. The second-order valence-electron chi connectivity index (χ2n) is 7.98. The van der Waals surface area contributed by atoms with Crippen LogP contribution >= 0.6 is 0 Å². The molecule has 1 aliphatic carbocycles. The largest absolute Gasteiger partial charge is 0.471 e. The summed E-state index contributed by atoms with van der Waals surface area (Å²) in [5.41, 5.74) is 1.27. The Labute approximate surface area is 173 Å². The van der Waals surface area contributed by atoms with E-state index in [1.165, 1.54) is 6.26 Å². The van der Waals surface area contributed by atoms with Crippen molar-refractivity contribution in [2.75, 3.05) is 19.8 Å². The van der Waals surface area contributed by atoms with E-state index in [-0.39, 0.29) is 5.92 Å². The molecule has 4 aliphatic rings. The van der Waals surface area contributed by atoms with Gasteiger partial charge in [0.05, 0.1) is 31.0 Å². The summed E-state index contributed by atoms with van der Waals surface area (Å²) in [6.07, 6.45) is -3.35. The fraction of sp³-hybridized carbons (Fsp3) is 0.750. The number of aliphatic hydroxyl groups excluding tert-OH is 4. The minimum atomic E-state index is -1.56. The van der Waals surface area contributed by atoms with Gasteiger partial charge in [-0.25, -0.2) is 4.79 Å². The molecule has 2 saturated heterocycles. The van der Waals surface area contributed by atoms with Crippen molar-refractivity contribution in [3.8, 4) is 0 Å². The SMILES string of the molecule is CCCCOCC1=C[C@@H]2OC(=O)C3=CO[C@@H](O[C@@H]4O[C@H](CO)[C@@H](O)[C@H](O)[C@H]4O)[C@H]1[C@@H]32. The normalized spacial score (nSPS) is 42.3. The average molecular weight is 428 g/mol. The molecule has 0 aromatic rings. The highest BCUT2D eigenvalue weighted by Gasteiger charge is 2.56. The van der Waals surface area contributed by atoms with Crippen LogP contribution in [0.3, 0.4) is 0 Å². The van der Waals surface area contributed by atoms with Crippen molar-refractivity contribution >= 4 is 5.97 Å². The lowest BCUT2D eigenvalue weighted by atomic mass is 9.84. The molecule has 0 radical (unpaired) electrons. The van der Waals surface area contributed by atoms with Gasteiger partial charge in [-0.2, -0.15) is 0 Å². The van der Waals surface area contributed by atoms with Crippen molar-refractivity contribution in [1.29, 1.82) is 0 Å². The van der Waals surface area contributed by atoms with Crippen LogP contribution in [0.2, 0.25) is 0 Å². The number of esters is 1. The predicted octanol–water partition coefficient (Wildman–Crippen LogP) is -1.04. The van der Waals surface area contributed by atoms with E-state index in [4.69, 9.17) is 23.7 Å². The van der Waals surface area contributed by atoms with Crippen LogP contribution in [-0.2, 0) is 28.5 Å². The summed E-state index contributed by atoms with van der Waals surface area (Å²) in [5, 5.41) is 39.6. The standard InChI is InChI=1S/C20H28O10/c1-2-3-4-26-7-9-5-11-14-10(18(25)28-11)8-27-19(13(9)14)30-20-17(24)16(23)15(22)12(6-21)29-20/h5,8,11-17,19-24H,2-4,6-7H2,1H3/t11-,12+,13+,14-,15+,16-,17+,19-,20-/m0/s1. The summed E-state index contributed by atoms with van der Waals surface area (Å²) in [6.45, 7) is 2.42. The van der Waals surface area contributed by atoms with Gasteiger partial charge in [-0.1, -0.05) is 13.3 Å². The molecule has 0 unspecified atom stereocenters. The fourth-order valence-electron chi connectivity index (χ4n) is 4.37. The molecule has 3 heterocycles. The molecule has 10 nitrogen and oxygen atoms in total. The summed E-state index contributed by atoms with van der Waals surface area (Å²) in [4.78, 5) is 12.1. The van der Waals surface area contributed by atoms with Crippen LogP contribution in [0.4, 0.5) is 0 Å². The van der Waals surface area contributed by atoms with E-state index in [1.807, 2.05) is 6.08 Å². The van der Waals surface area contributed by atoms with Crippen LogP contribution < -0.4 is 0 Å². The lowest BCUT2D eigenvalue weighted by molar-refractivity contribution is -0.339. The third-order valence-electron chi connectivity index (χ3n) is 6.04. The number of hydrogen-bond acceptors (Lipinski definition) is 10. The summed E-state index contributed by atoms with van der Waals surface area (Å²) in [7, 11) is 0. The Morgan fingerprint density at radius 2 is 1.90 bits per heavy atom. The Hall–Kier alpha value is -1.53. The second-order valence-corrected chi connectivity index (χ2v) is 7.98. The maximum atomic E-state index is 12.1. The van der Waals surface area contributed by atoms with Crippen molar-refractivity contribution in [3.63, 3.8) is 0 Å². The van der Waals surface area contributed by atoms with E-state index >= 15 is 0 Å². The average Bonchev–Trinajstić information content (AvgIpc) is 3.25. The zero-order chi connectivity index (χ0) is 21.4. The number of rotatable bonds is 8. The number of unbranched alkanes of at least 4 members (excludes halogenated alkanes) is 1. The third kappa shape index (κ3) is 3.77. The number of carbonyl (C=O) groups is 1. The molecular formula is C20H28O10. The zero-order valence-corrected chi connectivity index (χ0v) is 16.6. The van der Waals surface area contributed by atoms with E-state index in [1.54, 1.807) is 0 Å². The molecule has 4 N–H and O–H groups in total. The molecule has 0 amide bonds. The molecule has 4 rings (SSSR count). The summed E-state index contributed by atoms with van der Waals surface area (Å²) in [6, 6.07) is 0. The Bertz CT molecular complexity index is 704. The summed E-state index contributed by atoms with van der Waals surface area (Å²) in [5.74, 6) is -1.15. The Balaban J connectivity index is 1.51. The predicted molar refractivity (Wildman–Crippen MR) is 98.5 cm³/mol. The van der Waals surface area contributed by atoms with Crippen LogP contribution in [0.25, 0.3) is 0 Å². The number of aliphatic hydroxyl groups is 4. The number of carbonyl (C=O) groups excluding carboxylic acids is 1. The quantitative estimate of drug-likeness (QED) is 0.215. The molecular weight excluding hydrogens is 400 g/mol. The first kappa shape index (κ1) is 21.7. The molecule has 3 aliphatic heterocycles. The lowest BCUT2D eigenvalue weighted by Gasteiger charge is -2.42. The van der Waals surface area contributed by atoms with Crippen molar-refractivity contribution < 1.29 is 48.9 Å². The topological polar surface area (TPSA) is 144 Å². The van der Waals surface area contributed by atoms with Crippen LogP contribution in [0.1, 0.15) is 19.8 Å². The van der Waals surface area contributed by atoms with Gasteiger partial charge in [0.25, 0.3) is 0 Å². The highest BCUT2D eigenvalue weighted by Crippen LogP contribution is 2.49. The van der Waals surface area contributed by atoms with Crippen LogP contribution in [0, 0.1) is 11.8 Å². The van der Waals surface area contributed by atoms with Gasteiger partial charge in [-0.3, -0.25) is 0 Å². The molecule has 30 heavy (non-hydrogen) atoms. The second kappa shape index (κ2) is 8.91. The van der Waals surface area contributed by atoms with Crippen LogP contribution in [-0.4, -0.2) is 89.3 Å².